The molecule has 0 saturated carbocycles. The van der Waals surface area contributed by atoms with E-state index in [1.807, 2.05) is 0 Å². The van der Waals surface area contributed by atoms with E-state index in [9.17, 15) is 9.59 Å². The highest BCUT2D eigenvalue weighted by molar-refractivity contribution is 6.17. The smallest absolute Gasteiger partial charge is 0.413 e. The average molecular weight is 287 g/mol. The molecule has 0 aliphatic rings. The summed E-state index contributed by atoms with van der Waals surface area (Å²) in [5.41, 5.74) is -0.262. The number of pyridine rings is 1. The van der Waals surface area contributed by atoms with Gasteiger partial charge >= 0.3 is 12.1 Å². The fourth-order valence-corrected chi connectivity index (χ4v) is 1.39. The normalized spacial score (nSPS) is 10.9. The number of carbonyl (C=O) groups is 2. The molecule has 1 heterocycles. The number of rotatable bonds is 3. The lowest BCUT2D eigenvalue weighted by molar-refractivity contribution is 0.0635. The van der Waals surface area contributed by atoms with E-state index in [-0.39, 0.29) is 17.3 Å². The third kappa shape index (κ3) is 4.75. The van der Waals surface area contributed by atoms with Gasteiger partial charge in [0.2, 0.25) is 0 Å². The third-order valence-corrected chi connectivity index (χ3v) is 2.26. The van der Waals surface area contributed by atoms with Crippen LogP contribution in [0.2, 0.25) is 0 Å². The summed E-state index contributed by atoms with van der Waals surface area (Å²) in [5.74, 6) is -1.14. The summed E-state index contributed by atoms with van der Waals surface area (Å²) in [6.45, 7) is 5.11. The molecule has 1 rings (SSSR count). The number of anilines is 1. The number of carboxylic acid groups (broad SMARTS) is 1. The Labute approximate surface area is 115 Å². The molecule has 0 aromatic carbocycles. The van der Waals surface area contributed by atoms with Crippen LogP contribution in [0.5, 0.6) is 0 Å². The van der Waals surface area contributed by atoms with E-state index in [0.29, 0.717) is 5.56 Å². The van der Waals surface area contributed by atoms with E-state index in [1.165, 1.54) is 12.3 Å². The Balaban J connectivity index is 2.95. The van der Waals surface area contributed by atoms with Gasteiger partial charge in [-0.25, -0.2) is 14.6 Å². The molecule has 0 atom stereocenters. The summed E-state index contributed by atoms with van der Waals surface area (Å²) in [4.78, 5) is 26.5. The molecule has 7 heteroatoms. The van der Waals surface area contributed by atoms with Gasteiger partial charge in [0.25, 0.3) is 0 Å². The third-order valence-electron chi connectivity index (χ3n) is 1.95. The number of carbonyl (C=O) groups excluding carboxylic acids is 1. The number of amides is 1. The number of alkyl halides is 1. The highest BCUT2D eigenvalue weighted by Gasteiger charge is 2.19. The molecule has 0 fully saturated rings. The van der Waals surface area contributed by atoms with Crippen LogP contribution in [0.25, 0.3) is 0 Å². The summed E-state index contributed by atoms with van der Waals surface area (Å²) >= 11 is 5.60. The Hall–Kier alpha value is -1.82. The van der Waals surface area contributed by atoms with Crippen molar-refractivity contribution >= 4 is 29.5 Å². The van der Waals surface area contributed by atoms with Gasteiger partial charge in [0.05, 0.1) is 0 Å². The zero-order valence-electron chi connectivity index (χ0n) is 10.9. The molecule has 0 radical (unpaired) electrons. The van der Waals surface area contributed by atoms with Gasteiger partial charge < -0.3 is 9.84 Å². The zero-order chi connectivity index (χ0) is 14.6. The number of ether oxygens (including phenoxy) is 1. The predicted molar refractivity (Wildman–Crippen MR) is 70.6 cm³/mol. The Morgan fingerprint density at radius 3 is 2.58 bits per heavy atom. The van der Waals surface area contributed by atoms with Crippen LogP contribution in [0.1, 0.15) is 36.7 Å². The van der Waals surface area contributed by atoms with Crippen molar-refractivity contribution in [2.75, 3.05) is 5.32 Å². The lowest BCUT2D eigenvalue weighted by atomic mass is 10.2. The van der Waals surface area contributed by atoms with Crippen molar-refractivity contribution in [3.8, 4) is 0 Å². The van der Waals surface area contributed by atoms with Crippen LogP contribution in [0, 0.1) is 0 Å². The van der Waals surface area contributed by atoms with Crippen LogP contribution in [0.3, 0.4) is 0 Å². The van der Waals surface area contributed by atoms with Gasteiger partial charge in [-0.3, -0.25) is 5.32 Å². The molecular weight excluding hydrogens is 272 g/mol. The molecule has 6 nitrogen and oxygen atoms in total. The van der Waals surface area contributed by atoms with Gasteiger partial charge in [-0.05, 0) is 32.4 Å². The van der Waals surface area contributed by atoms with Gasteiger partial charge in [0, 0.05) is 12.1 Å². The number of nitrogens with one attached hydrogen (secondary N) is 1. The monoisotopic (exact) mass is 286 g/mol. The first kappa shape index (κ1) is 15.2. The van der Waals surface area contributed by atoms with E-state index in [0.717, 1.165) is 0 Å². The quantitative estimate of drug-likeness (QED) is 0.834. The number of carboxylic acids is 1. The highest BCUT2D eigenvalue weighted by atomic mass is 35.5. The molecule has 0 unspecified atom stereocenters. The number of halogens is 1. The van der Waals surface area contributed by atoms with Gasteiger partial charge in [-0.1, -0.05) is 0 Å². The van der Waals surface area contributed by atoms with Crippen molar-refractivity contribution in [1.82, 2.24) is 4.98 Å². The highest BCUT2D eigenvalue weighted by Crippen LogP contribution is 2.17. The van der Waals surface area contributed by atoms with Crippen molar-refractivity contribution < 1.29 is 19.4 Å². The maximum Gasteiger partial charge on any atom is 0.413 e. The summed E-state index contributed by atoms with van der Waals surface area (Å²) < 4.78 is 5.02. The SMILES string of the molecule is CC(C)(C)OC(=O)Nc1ncc(CCl)cc1C(=O)O. The predicted octanol–water partition coefficient (Wildman–Crippen LogP) is 2.87. The minimum atomic E-state index is -1.20. The van der Waals surface area contributed by atoms with Crippen LogP contribution in [-0.2, 0) is 10.6 Å². The van der Waals surface area contributed by atoms with Crippen molar-refractivity contribution in [2.24, 2.45) is 0 Å². The Morgan fingerprint density at radius 1 is 1.47 bits per heavy atom. The standard InChI is InChI=1S/C12H15ClN2O4/c1-12(2,3)19-11(18)15-9-8(10(16)17)4-7(5-13)6-14-9/h4,6H,5H2,1-3H3,(H,16,17)(H,14,15,18). The van der Waals surface area contributed by atoms with Crippen LogP contribution in [0.15, 0.2) is 12.3 Å². The van der Waals surface area contributed by atoms with Gasteiger partial charge in [0.15, 0.2) is 0 Å². The van der Waals surface area contributed by atoms with Gasteiger partial charge in [-0.15, -0.1) is 11.6 Å². The molecule has 104 valence electrons. The first-order chi connectivity index (χ1) is 8.73. The fraction of sp³-hybridized carbons (Fsp3) is 0.417. The number of aromatic nitrogens is 1. The maximum absolute atomic E-state index is 11.6. The molecule has 0 spiro atoms. The number of hydrogen-bond donors (Lipinski definition) is 2. The van der Waals surface area contributed by atoms with Gasteiger partial charge in [-0.2, -0.15) is 0 Å². The minimum Gasteiger partial charge on any atom is -0.478 e. The molecule has 1 amide bonds. The van der Waals surface area contributed by atoms with E-state index in [4.69, 9.17) is 21.4 Å². The van der Waals surface area contributed by atoms with Crippen LogP contribution >= 0.6 is 11.6 Å². The van der Waals surface area contributed by atoms with Crippen molar-refractivity contribution in [2.45, 2.75) is 32.3 Å². The molecule has 0 bridgehead atoms. The molecule has 0 aliphatic carbocycles. The fourth-order valence-electron chi connectivity index (χ4n) is 1.24. The summed E-state index contributed by atoms with van der Waals surface area (Å²) in [6.07, 6.45) is 0.632. The second-order valence-electron chi connectivity index (χ2n) is 4.81. The molecule has 0 saturated heterocycles. The lowest BCUT2D eigenvalue weighted by Gasteiger charge is -2.19. The molecule has 2 N–H and O–H groups in total. The van der Waals surface area contributed by atoms with E-state index >= 15 is 0 Å². The Morgan fingerprint density at radius 2 is 2.11 bits per heavy atom. The summed E-state index contributed by atoms with van der Waals surface area (Å²) in [7, 11) is 0. The van der Waals surface area contributed by atoms with E-state index in [1.54, 1.807) is 20.8 Å². The van der Waals surface area contributed by atoms with Crippen molar-refractivity contribution in [1.29, 1.82) is 0 Å². The second-order valence-corrected chi connectivity index (χ2v) is 5.07. The van der Waals surface area contributed by atoms with Crippen LogP contribution < -0.4 is 5.32 Å². The average Bonchev–Trinajstić information content (AvgIpc) is 2.26. The topological polar surface area (TPSA) is 88.5 Å². The largest absolute Gasteiger partial charge is 0.478 e. The Kier molecular flexibility index (Phi) is 4.72. The van der Waals surface area contributed by atoms with Gasteiger partial charge in [0.1, 0.15) is 17.0 Å². The lowest BCUT2D eigenvalue weighted by Crippen LogP contribution is -2.28. The molecular formula is C12H15ClN2O4. The molecule has 1 aromatic rings. The van der Waals surface area contributed by atoms with E-state index in [2.05, 4.69) is 10.3 Å². The van der Waals surface area contributed by atoms with Crippen LogP contribution in [0.4, 0.5) is 10.6 Å². The van der Waals surface area contributed by atoms with Crippen molar-refractivity contribution in [3.05, 3.63) is 23.4 Å². The second kappa shape index (κ2) is 5.88. The van der Waals surface area contributed by atoms with Crippen molar-refractivity contribution in [3.63, 3.8) is 0 Å². The first-order valence-electron chi connectivity index (χ1n) is 5.51. The van der Waals surface area contributed by atoms with Crippen LogP contribution in [-0.4, -0.2) is 27.8 Å². The summed E-state index contributed by atoms with van der Waals surface area (Å²) in [6, 6.07) is 1.36. The number of nitrogens with zero attached hydrogens (tertiary/aromatic N) is 1. The Bertz CT molecular complexity index is 497. The van der Waals surface area contributed by atoms with E-state index < -0.39 is 17.7 Å². The number of aromatic carboxylic acids is 1. The maximum atomic E-state index is 11.6. The first-order valence-corrected chi connectivity index (χ1v) is 6.04. The molecule has 1 aromatic heterocycles. The summed E-state index contributed by atoms with van der Waals surface area (Å²) in [5, 5.41) is 11.4. The molecule has 0 aliphatic heterocycles. The number of hydrogen-bond acceptors (Lipinski definition) is 4. The molecule has 19 heavy (non-hydrogen) atoms. The minimum absolute atomic E-state index is 0.0735. The zero-order valence-corrected chi connectivity index (χ0v) is 11.6.